The van der Waals surface area contributed by atoms with Crippen molar-refractivity contribution in [3.63, 3.8) is 0 Å². The van der Waals surface area contributed by atoms with E-state index in [9.17, 15) is 0 Å². The first-order chi connectivity index (χ1) is 10.1. The molecule has 0 aliphatic carbocycles. The first-order valence-electron chi connectivity index (χ1n) is 7.40. The van der Waals surface area contributed by atoms with Gasteiger partial charge in [-0.15, -0.1) is 0 Å². The van der Waals surface area contributed by atoms with E-state index >= 15 is 0 Å². The highest BCUT2D eigenvalue weighted by atomic mass is 16.6. The molecule has 0 aromatic carbocycles. The van der Waals surface area contributed by atoms with Gasteiger partial charge in [-0.1, -0.05) is 36.2 Å². The zero-order valence-corrected chi connectivity index (χ0v) is 14.2. The molecule has 0 saturated heterocycles. The van der Waals surface area contributed by atoms with Crippen molar-refractivity contribution >= 4 is 17.1 Å². The van der Waals surface area contributed by atoms with Crippen molar-refractivity contribution in [1.82, 2.24) is 0 Å². The van der Waals surface area contributed by atoms with Gasteiger partial charge in [0.2, 0.25) is 0 Å². The third-order valence-electron chi connectivity index (χ3n) is 3.25. The Morgan fingerprint density at radius 3 is 1.81 bits per heavy atom. The average molecular weight is 299 g/mol. The highest BCUT2D eigenvalue weighted by Crippen LogP contribution is 2.14. The number of rotatable bonds is 11. The van der Waals surface area contributed by atoms with E-state index in [1.54, 1.807) is 21.3 Å². The molecule has 0 aromatic heterocycles. The van der Waals surface area contributed by atoms with Crippen LogP contribution in [0.4, 0.5) is 0 Å². The van der Waals surface area contributed by atoms with Crippen LogP contribution in [-0.2, 0) is 14.5 Å². The Labute approximate surface area is 128 Å². The molecule has 122 valence electrons. The minimum atomic E-state index is 0.249. The lowest BCUT2D eigenvalue weighted by molar-refractivity contribution is 0.208. The molecule has 0 bridgehead atoms. The lowest BCUT2D eigenvalue weighted by Gasteiger charge is -2.15. The molecule has 1 unspecified atom stereocenters. The second-order valence-corrected chi connectivity index (χ2v) is 4.76. The summed E-state index contributed by atoms with van der Waals surface area (Å²) in [5.74, 6) is 0.249. The summed E-state index contributed by atoms with van der Waals surface area (Å²) in [6.07, 6.45) is 4.17. The molecule has 1 atom stereocenters. The predicted molar refractivity (Wildman–Crippen MR) is 86.9 cm³/mol. The zero-order chi connectivity index (χ0) is 16.1. The Kier molecular flexibility index (Phi) is 11.3. The quantitative estimate of drug-likeness (QED) is 0.432. The van der Waals surface area contributed by atoms with Gasteiger partial charge in [-0.3, -0.25) is 0 Å². The summed E-state index contributed by atoms with van der Waals surface area (Å²) < 4.78 is 0. The maximum Gasteiger partial charge on any atom is 0.106 e. The van der Waals surface area contributed by atoms with Crippen LogP contribution >= 0.6 is 0 Å². The zero-order valence-electron chi connectivity index (χ0n) is 14.2. The Balaban J connectivity index is 4.71. The lowest BCUT2D eigenvalue weighted by Crippen LogP contribution is -2.17. The van der Waals surface area contributed by atoms with E-state index in [4.69, 9.17) is 14.5 Å². The van der Waals surface area contributed by atoms with Gasteiger partial charge in [0.25, 0.3) is 0 Å². The molecular weight excluding hydrogens is 270 g/mol. The van der Waals surface area contributed by atoms with Gasteiger partial charge < -0.3 is 14.5 Å². The Morgan fingerprint density at radius 2 is 1.33 bits per heavy atom. The molecule has 0 aromatic rings. The summed E-state index contributed by atoms with van der Waals surface area (Å²) in [5, 5.41) is 12.2. The standard InChI is InChI=1S/C15H29N3O3/c1-7-13(16-19-4)9-10-15(18-21-6)12(3)11-14(8-2)17-20-5/h12H,7-11H2,1-6H3/b16-13+,17-14+,18-15+. The van der Waals surface area contributed by atoms with Crippen LogP contribution in [0.3, 0.4) is 0 Å². The Hall–Kier alpha value is -1.59. The van der Waals surface area contributed by atoms with Crippen LogP contribution in [-0.4, -0.2) is 38.5 Å². The molecule has 0 spiro atoms. The summed E-state index contributed by atoms with van der Waals surface area (Å²) in [6, 6.07) is 0. The van der Waals surface area contributed by atoms with E-state index in [1.807, 2.05) is 0 Å². The third kappa shape index (κ3) is 8.32. The molecule has 21 heavy (non-hydrogen) atoms. The molecule has 0 amide bonds. The minimum Gasteiger partial charge on any atom is -0.399 e. The van der Waals surface area contributed by atoms with Crippen LogP contribution in [0.1, 0.15) is 52.9 Å². The summed E-state index contributed by atoms with van der Waals surface area (Å²) in [6.45, 7) is 6.25. The van der Waals surface area contributed by atoms with E-state index in [2.05, 4.69) is 36.2 Å². The van der Waals surface area contributed by atoms with E-state index in [0.29, 0.717) is 0 Å². The van der Waals surface area contributed by atoms with E-state index < -0.39 is 0 Å². The first kappa shape index (κ1) is 19.4. The SMILES string of the molecule is CC/C(CC/C(=N\OC)C(C)C/C(CC)=N/OC)=N\OC. The van der Waals surface area contributed by atoms with Gasteiger partial charge in [0, 0.05) is 5.92 Å². The minimum absolute atomic E-state index is 0.249. The lowest BCUT2D eigenvalue weighted by atomic mass is 9.93. The molecule has 0 rings (SSSR count). The molecule has 6 heteroatoms. The van der Waals surface area contributed by atoms with Crippen LogP contribution in [0, 0.1) is 5.92 Å². The maximum absolute atomic E-state index is 4.97. The van der Waals surface area contributed by atoms with Gasteiger partial charge in [-0.2, -0.15) is 0 Å². The number of hydrogen-bond donors (Lipinski definition) is 0. The van der Waals surface area contributed by atoms with Gasteiger partial charge in [0.1, 0.15) is 21.3 Å². The fourth-order valence-electron chi connectivity index (χ4n) is 2.03. The molecule has 0 heterocycles. The molecule has 0 aliphatic rings. The van der Waals surface area contributed by atoms with Crippen LogP contribution in [0.15, 0.2) is 15.5 Å². The molecule has 6 nitrogen and oxygen atoms in total. The van der Waals surface area contributed by atoms with Gasteiger partial charge >= 0.3 is 0 Å². The number of hydrogen-bond acceptors (Lipinski definition) is 6. The van der Waals surface area contributed by atoms with Crippen molar-refractivity contribution in [2.75, 3.05) is 21.3 Å². The van der Waals surface area contributed by atoms with Crippen LogP contribution < -0.4 is 0 Å². The highest BCUT2D eigenvalue weighted by Gasteiger charge is 2.15. The van der Waals surface area contributed by atoms with Crippen LogP contribution in [0.25, 0.3) is 0 Å². The van der Waals surface area contributed by atoms with E-state index in [0.717, 1.165) is 49.2 Å². The second kappa shape index (κ2) is 12.2. The van der Waals surface area contributed by atoms with E-state index in [1.165, 1.54) is 0 Å². The Morgan fingerprint density at radius 1 is 0.810 bits per heavy atom. The summed E-state index contributed by atoms with van der Waals surface area (Å²) in [7, 11) is 4.71. The summed E-state index contributed by atoms with van der Waals surface area (Å²) in [5.41, 5.74) is 3.05. The number of oxime groups is 3. The molecule has 0 N–H and O–H groups in total. The third-order valence-corrected chi connectivity index (χ3v) is 3.25. The maximum atomic E-state index is 4.97. The fourth-order valence-corrected chi connectivity index (χ4v) is 2.03. The van der Waals surface area contributed by atoms with Crippen molar-refractivity contribution < 1.29 is 14.5 Å². The highest BCUT2D eigenvalue weighted by molar-refractivity contribution is 5.95. The van der Waals surface area contributed by atoms with Crippen LogP contribution in [0.5, 0.6) is 0 Å². The topological polar surface area (TPSA) is 64.8 Å². The molecule has 0 aliphatic heterocycles. The number of nitrogens with zero attached hydrogens (tertiary/aromatic N) is 3. The van der Waals surface area contributed by atoms with Gasteiger partial charge in [-0.05, 0) is 32.1 Å². The average Bonchev–Trinajstić information content (AvgIpc) is 2.49. The molecule has 0 radical (unpaired) electrons. The van der Waals surface area contributed by atoms with Crippen LogP contribution in [0.2, 0.25) is 0 Å². The van der Waals surface area contributed by atoms with Crippen molar-refractivity contribution in [2.24, 2.45) is 21.4 Å². The molecular formula is C15H29N3O3. The first-order valence-corrected chi connectivity index (χ1v) is 7.40. The molecule has 0 saturated carbocycles. The monoisotopic (exact) mass is 299 g/mol. The Bertz CT molecular complexity index is 365. The van der Waals surface area contributed by atoms with Crippen molar-refractivity contribution in [3.8, 4) is 0 Å². The summed E-state index contributed by atoms with van der Waals surface area (Å²) >= 11 is 0. The van der Waals surface area contributed by atoms with Crippen molar-refractivity contribution in [1.29, 1.82) is 0 Å². The van der Waals surface area contributed by atoms with Crippen molar-refractivity contribution in [2.45, 2.75) is 52.9 Å². The van der Waals surface area contributed by atoms with Crippen molar-refractivity contribution in [3.05, 3.63) is 0 Å². The largest absolute Gasteiger partial charge is 0.399 e. The van der Waals surface area contributed by atoms with Gasteiger partial charge in [0.05, 0.1) is 17.1 Å². The van der Waals surface area contributed by atoms with Gasteiger partial charge in [0.15, 0.2) is 0 Å². The fraction of sp³-hybridized carbons (Fsp3) is 0.800. The van der Waals surface area contributed by atoms with E-state index in [-0.39, 0.29) is 5.92 Å². The second-order valence-electron chi connectivity index (χ2n) is 4.76. The normalized spacial score (nSPS) is 14.9. The summed E-state index contributed by atoms with van der Waals surface area (Å²) in [4.78, 5) is 14.7. The predicted octanol–water partition coefficient (Wildman–Crippen LogP) is 3.62. The molecule has 0 fully saturated rings. The van der Waals surface area contributed by atoms with Gasteiger partial charge in [-0.25, -0.2) is 0 Å². The smallest absolute Gasteiger partial charge is 0.106 e.